The summed E-state index contributed by atoms with van der Waals surface area (Å²) in [5, 5.41) is 4.16. The molecule has 0 aliphatic rings. The first kappa shape index (κ1) is 15.3. The van der Waals surface area contributed by atoms with Gasteiger partial charge in [0.1, 0.15) is 5.82 Å². The highest BCUT2D eigenvalue weighted by Gasteiger charge is 2.23. The van der Waals surface area contributed by atoms with Gasteiger partial charge in [-0.15, -0.1) is 0 Å². The highest BCUT2D eigenvalue weighted by atomic mass is 35.5. The van der Waals surface area contributed by atoms with E-state index in [4.69, 9.17) is 23.2 Å². The molecular weight excluding hydrogens is 296 g/mol. The molecule has 1 N–H and O–H groups in total. The van der Waals surface area contributed by atoms with E-state index in [2.05, 4.69) is 5.32 Å². The van der Waals surface area contributed by atoms with E-state index in [9.17, 15) is 4.39 Å². The van der Waals surface area contributed by atoms with Crippen molar-refractivity contribution in [1.82, 2.24) is 5.32 Å². The van der Waals surface area contributed by atoms with Crippen molar-refractivity contribution in [3.63, 3.8) is 0 Å². The highest BCUT2D eigenvalue weighted by molar-refractivity contribution is 6.36. The molecule has 0 aliphatic carbocycles. The fourth-order valence-corrected chi connectivity index (χ4v) is 3.13. The molecule has 0 saturated carbocycles. The lowest BCUT2D eigenvalue weighted by atomic mass is 9.93. The van der Waals surface area contributed by atoms with Crippen molar-refractivity contribution in [2.24, 2.45) is 0 Å². The second-order valence-corrected chi connectivity index (χ2v) is 5.65. The van der Waals surface area contributed by atoms with Crippen molar-refractivity contribution in [3.05, 3.63) is 68.4 Å². The molecule has 2 aromatic rings. The molecule has 0 amide bonds. The Morgan fingerprint density at radius 3 is 2.15 bits per heavy atom. The third-order valence-electron chi connectivity index (χ3n) is 3.35. The van der Waals surface area contributed by atoms with Crippen LogP contribution in [-0.4, -0.2) is 7.05 Å². The minimum Gasteiger partial charge on any atom is -0.309 e. The number of aryl methyl sites for hydroxylation is 2. The molecule has 0 fully saturated rings. The van der Waals surface area contributed by atoms with Crippen LogP contribution in [0, 0.1) is 19.7 Å². The van der Waals surface area contributed by atoms with Crippen LogP contribution in [0.5, 0.6) is 0 Å². The van der Waals surface area contributed by atoms with E-state index in [1.165, 1.54) is 6.07 Å². The number of hydrogen-bond acceptors (Lipinski definition) is 1. The summed E-state index contributed by atoms with van der Waals surface area (Å²) < 4.78 is 14.4. The van der Waals surface area contributed by atoms with Gasteiger partial charge in [-0.3, -0.25) is 0 Å². The Hall–Kier alpha value is -1.09. The largest absolute Gasteiger partial charge is 0.309 e. The van der Waals surface area contributed by atoms with Gasteiger partial charge in [0.05, 0.1) is 6.04 Å². The Morgan fingerprint density at radius 2 is 1.65 bits per heavy atom. The van der Waals surface area contributed by atoms with Gasteiger partial charge in [0, 0.05) is 21.2 Å². The molecule has 106 valence electrons. The number of benzene rings is 2. The van der Waals surface area contributed by atoms with Gasteiger partial charge in [-0.2, -0.15) is 0 Å². The summed E-state index contributed by atoms with van der Waals surface area (Å²) in [7, 11) is 1.77. The van der Waals surface area contributed by atoms with Crippen molar-refractivity contribution in [3.8, 4) is 0 Å². The molecule has 0 aliphatic heterocycles. The average molecular weight is 312 g/mol. The van der Waals surface area contributed by atoms with Gasteiger partial charge >= 0.3 is 0 Å². The van der Waals surface area contributed by atoms with Crippen LogP contribution in [0.1, 0.15) is 28.3 Å². The van der Waals surface area contributed by atoms with Gasteiger partial charge in [-0.05, 0) is 50.2 Å². The van der Waals surface area contributed by atoms with E-state index in [-0.39, 0.29) is 11.9 Å². The maximum atomic E-state index is 14.4. The molecule has 2 rings (SSSR count). The minimum absolute atomic E-state index is 0.252. The average Bonchev–Trinajstić information content (AvgIpc) is 2.35. The zero-order valence-corrected chi connectivity index (χ0v) is 13.1. The van der Waals surface area contributed by atoms with E-state index in [0.717, 1.165) is 11.1 Å². The maximum Gasteiger partial charge on any atom is 0.128 e. The second kappa shape index (κ2) is 6.13. The molecule has 0 heterocycles. The summed E-state index contributed by atoms with van der Waals surface area (Å²) in [5.74, 6) is -0.252. The van der Waals surface area contributed by atoms with E-state index < -0.39 is 0 Å². The Balaban J connectivity index is 2.65. The summed E-state index contributed by atoms with van der Waals surface area (Å²) in [5.41, 5.74) is 3.04. The molecule has 1 unspecified atom stereocenters. The zero-order chi connectivity index (χ0) is 14.9. The lowest BCUT2D eigenvalue weighted by Gasteiger charge is -2.22. The smallest absolute Gasteiger partial charge is 0.128 e. The van der Waals surface area contributed by atoms with Crippen LogP contribution in [0.2, 0.25) is 10.0 Å². The molecule has 20 heavy (non-hydrogen) atoms. The summed E-state index contributed by atoms with van der Waals surface area (Å²) in [4.78, 5) is 0. The van der Waals surface area contributed by atoms with Crippen molar-refractivity contribution >= 4 is 23.2 Å². The van der Waals surface area contributed by atoms with Gasteiger partial charge in [0.25, 0.3) is 0 Å². The topological polar surface area (TPSA) is 12.0 Å². The Morgan fingerprint density at radius 1 is 1.05 bits per heavy atom. The van der Waals surface area contributed by atoms with E-state index >= 15 is 0 Å². The lowest BCUT2D eigenvalue weighted by Crippen LogP contribution is -2.21. The third-order valence-corrected chi connectivity index (χ3v) is 4.01. The predicted octanol–water partition coefficient (Wildman–Crippen LogP) is 5.06. The Kier molecular flexibility index (Phi) is 4.69. The maximum absolute atomic E-state index is 14.4. The molecule has 1 nitrogen and oxygen atoms in total. The first-order valence-corrected chi connectivity index (χ1v) is 7.09. The fourth-order valence-electron chi connectivity index (χ4n) is 2.51. The predicted molar refractivity (Wildman–Crippen MR) is 83.2 cm³/mol. The van der Waals surface area contributed by atoms with Crippen LogP contribution in [0.25, 0.3) is 0 Å². The number of rotatable bonds is 3. The van der Waals surface area contributed by atoms with Crippen molar-refractivity contribution < 1.29 is 4.39 Å². The third kappa shape index (κ3) is 2.83. The summed E-state index contributed by atoms with van der Waals surface area (Å²) in [6.45, 7) is 3.76. The number of hydrogen-bond donors (Lipinski definition) is 1. The molecule has 0 aromatic heterocycles. The van der Waals surface area contributed by atoms with E-state index in [1.54, 1.807) is 25.2 Å². The van der Waals surface area contributed by atoms with Gasteiger partial charge in [-0.1, -0.05) is 35.3 Å². The molecule has 0 spiro atoms. The molecule has 0 bridgehead atoms. The van der Waals surface area contributed by atoms with Crippen LogP contribution in [0.4, 0.5) is 4.39 Å². The summed E-state index contributed by atoms with van der Waals surface area (Å²) in [6.07, 6.45) is 0. The van der Waals surface area contributed by atoms with Crippen LogP contribution in [0.3, 0.4) is 0 Å². The highest BCUT2D eigenvalue weighted by Crippen LogP contribution is 2.36. The SMILES string of the molecule is CNC(c1c(C)cc(C)cc1F)c1c(Cl)cccc1Cl. The van der Waals surface area contributed by atoms with Crippen LogP contribution in [-0.2, 0) is 0 Å². The van der Waals surface area contributed by atoms with Gasteiger partial charge < -0.3 is 5.32 Å². The first-order chi connectivity index (χ1) is 9.45. The van der Waals surface area contributed by atoms with E-state index in [1.807, 2.05) is 19.9 Å². The van der Waals surface area contributed by atoms with Gasteiger partial charge in [0.15, 0.2) is 0 Å². The quantitative estimate of drug-likeness (QED) is 0.835. The van der Waals surface area contributed by atoms with Crippen molar-refractivity contribution in [2.45, 2.75) is 19.9 Å². The number of halogens is 3. The monoisotopic (exact) mass is 311 g/mol. The second-order valence-electron chi connectivity index (χ2n) is 4.83. The zero-order valence-electron chi connectivity index (χ0n) is 11.6. The number of nitrogens with one attached hydrogen (secondary N) is 1. The normalized spacial score (nSPS) is 12.5. The molecule has 4 heteroatoms. The molecular formula is C16H16Cl2FN. The molecule has 0 saturated heterocycles. The fraction of sp³-hybridized carbons (Fsp3) is 0.250. The van der Waals surface area contributed by atoms with Crippen molar-refractivity contribution in [2.75, 3.05) is 7.05 Å². The summed E-state index contributed by atoms with van der Waals surface area (Å²) >= 11 is 12.5. The van der Waals surface area contributed by atoms with Gasteiger partial charge in [0.2, 0.25) is 0 Å². The Labute approximate surface area is 128 Å². The van der Waals surface area contributed by atoms with Crippen LogP contribution in [0.15, 0.2) is 30.3 Å². The standard InChI is InChI=1S/C16H16Cl2FN/c1-9-7-10(2)14(13(19)8-9)16(20-3)15-11(17)5-4-6-12(15)18/h4-8,16,20H,1-3H3. The van der Waals surface area contributed by atoms with E-state index in [0.29, 0.717) is 21.2 Å². The van der Waals surface area contributed by atoms with Crippen LogP contribution < -0.4 is 5.32 Å². The minimum atomic E-state index is -0.378. The van der Waals surface area contributed by atoms with Crippen LogP contribution >= 0.6 is 23.2 Å². The Bertz CT molecular complexity index is 597. The molecule has 2 aromatic carbocycles. The summed E-state index contributed by atoms with van der Waals surface area (Å²) in [6, 6.07) is 8.39. The molecule has 1 atom stereocenters. The lowest BCUT2D eigenvalue weighted by molar-refractivity contribution is 0.572. The van der Waals surface area contributed by atoms with Gasteiger partial charge in [-0.25, -0.2) is 4.39 Å². The first-order valence-electron chi connectivity index (χ1n) is 6.33. The van der Waals surface area contributed by atoms with Crippen molar-refractivity contribution in [1.29, 1.82) is 0 Å². The molecule has 0 radical (unpaired) electrons.